The van der Waals surface area contributed by atoms with Gasteiger partial charge in [-0.25, -0.2) is 4.98 Å². The van der Waals surface area contributed by atoms with Gasteiger partial charge in [0.2, 0.25) is 11.9 Å². The van der Waals surface area contributed by atoms with E-state index in [4.69, 9.17) is 0 Å². The number of aromatic nitrogens is 2. The van der Waals surface area contributed by atoms with Gasteiger partial charge in [0.25, 0.3) is 5.56 Å². The van der Waals surface area contributed by atoms with E-state index in [2.05, 4.69) is 9.97 Å². The highest BCUT2D eigenvalue weighted by Crippen LogP contribution is 2.26. The zero-order chi connectivity index (χ0) is 14.9. The Balaban J connectivity index is 2.18. The molecule has 0 unspecified atom stereocenters. The molecule has 1 aliphatic heterocycles. The lowest BCUT2D eigenvalue weighted by molar-refractivity contribution is -0.133. The third kappa shape index (κ3) is 3.00. The zero-order valence-corrected chi connectivity index (χ0v) is 12.5. The Morgan fingerprint density at radius 2 is 2.20 bits per heavy atom. The average molecular weight is 278 g/mol. The van der Waals surface area contributed by atoms with Crippen LogP contribution >= 0.6 is 0 Å². The molecule has 2 heterocycles. The van der Waals surface area contributed by atoms with Crippen molar-refractivity contribution in [1.29, 1.82) is 0 Å². The quantitative estimate of drug-likeness (QED) is 0.888. The van der Waals surface area contributed by atoms with Crippen LogP contribution in [0.3, 0.4) is 0 Å². The molecule has 1 fully saturated rings. The van der Waals surface area contributed by atoms with E-state index in [1.165, 1.54) is 0 Å². The molecule has 1 saturated heterocycles. The van der Waals surface area contributed by atoms with E-state index < -0.39 is 0 Å². The van der Waals surface area contributed by atoms with Gasteiger partial charge in [0.1, 0.15) is 0 Å². The second-order valence-electron chi connectivity index (χ2n) is 5.81. The van der Waals surface area contributed by atoms with E-state index in [1.54, 1.807) is 11.0 Å². The second kappa shape index (κ2) is 5.64. The number of carbonyl (C=O) groups is 1. The first-order valence-corrected chi connectivity index (χ1v) is 6.96. The summed E-state index contributed by atoms with van der Waals surface area (Å²) in [5.41, 5.74) is 0.629. The molecule has 1 N–H and O–H groups in total. The average Bonchev–Trinajstić information content (AvgIpc) is 2.86. The molecule has 110 valence electrons. The summed E-state index contributed by atoms with van der Waals surface area (Å²) in [7, 11) is 3.68. The highest BCUT2D eigenvalue weighted by molar-refractivity contribution is 5.78. The molecule has 0 saturated carbocycles. The Morgan fingerprint density at radius 3 is 2.80 bits per heavy atom. The molecule has 2 rings (SSSR count). The predicted molar refractivity (Wildman–Crippen MR) is 78.0 cm³/mol. The Morgan fingerprint density at radius 1 is 1.50 bits per heavy atom. The summed E-state index contributed by atoms with van der Waals surface area (Å²) in [6.45, 7) is 5.21. The summed E-state index contributed by atoms with van der Waals surface area (Å²) in [5, 5.41) is 0. The normalized spacial score (nSPS) is 18.6. The van der Waals surface area contributed by atoms with Gasteiger partial charge in [-0.1, -0.05) is 13.8 Å². The zero-order valence-electron chi connectivity index (χ0n) is 12.5. The Labute approximate surface area is 118 Å². The van der Waals surface area contributed by atoms with E-state index in [-0.39, 0.29) is 23.3 Å². The van der Waals surface area contributed by atoms with Crippen molar-refractivity contribution in [3.8, 4) is 0 Å². The number of nitrogens with one attached hydrogen (secondary N) is 1. The van der Waals surface area contributed by atoms with Crippen molar-refractivity contribution >= 4 is 11.9 Å². The van der Waals surface area contributed by atoms with Crippen molar-refractivity contribution in [2.24, 2.45) is 5.92 Å². The van der Waals surface area contributed by atoms with Gasteiger partial charge in [-0.2, -0.15) is 0 Å². The fourth-order valence-corrected chi connectivity index (χ4v) is 2.45. The maximum Gasteiger partial charge on any atom is 0.252 e. The van der Waals surface area contributed by atoms with Crippen LogP contribution in [0.5, 0.6) is 0 Å². The molecular formula is C14H22N4O2. The van der Waals surface area contributed by atoms with Crippen LogP contribution in [0.15, 0.2) is 10.9 Å². The highest BCUT2D eigenvalue weighted by Gasteiger charge is 2.29. The third-order valence-corrected chi connectivity index (χ3v) is 3.58. The molecule has 1 aromatic rings. The number of rotatable bonds is 3. The van der Waals surface area contributed by atoms with Crippen molar-refractivity contribution in [2.45, 2.75) is 26.2 Å². The monoisotopic (exact) mass is 278 g/mol. The number of aromatic amines is 1. The summed E-state index contributed by atoms with van der Waals surface area (Å²) in [4.78, 5) is 34.5. The molecule has 0 aromatic carbocycles. The summed E-state index contributed by atoms with van der Waals surface area (Å²) < 4.78 is 0. The second-order valence-corrected chi connectivity index (χ2v) is 5.81. The molecule has 6 heteroatoms. The molecule has 0 aliphatic carbocycles. The van der Waals surface area contributed by atoms with E-state index in [1.807, 2.05) is 32.8 Å². The minimum absolute atomic E-state index is 0.0122. The van der Waals surface area contributed by atoms with Crippen molar-refractivity contribution in [1.82, 2.24) is 14.9 Å². The Kier molecular flexibility index (Phi) is 4.11. The minimum Gasteiger partial charge on any atom is -0.348 e. The number of carbonyl (C=O) groups excluding carboxylic acids is 1. The smallest absolute Gasteiger partial charge is 0.252 e. The Hall–Kier alpha value is -1.85. The summed E-state index contributed by atoms with van der Waals surface area (Å²) in [5.74, 6) is 0.892. The number of hydrogen-bond acceptors (Lipinski definition) is 4. The summed E-state index contributed by atoms with van der Waals surface area (Å²) in [6, 6.07) is 1.54. The maximum absolute atomic E-state index is 12.0. The van der Waals surface area contributed by atoms with E-state index >= 15 is 0 Å². The molecule has 1 aliphatic rings. The van der Waals surface area contributed by atoms with Gasteiger partial charge >= 0.3 is 0 Å². The van der Waals surface area contributed by atoms with E-state index in [0.717, 1.165) is 18.7 Å². The van der Waals surface area contributed by atoms with Crippen LogP contribution in [0.25, 0.3) is 0 Å². The van der Waals surface area contributed by atoms with Gasteiger partial charge in [0.15, 0.2) is 0 Å². The topological polar surface area (TPSA) is 69.3 Å². The van der Waals surface area contributed by atoms with Crippen LogP contribution in [-0.4, -0.2) is 48.0 Å². The SMILES string of the molecule is CC(C)C(=O)N1CC[C@H](c2cc(=O)[nH]c(N(C)C)n2)C1. The van der Waals surface area contributed by atoms with Gasteiger partial charge < -0.3 is 9.80 Å². The van der Waals surface area contributed by atoms with Crippen molar-refractivity contribution in [3.63, 3.8) is 0 Å². The molecular weight excluding hydrogens is 256 g/mol. The largest absolute Gasteiger partial charge is 0.348 e. The van der Waals surface area contributed by atoms with Crippen LogP contribution in [0.1, 0.15) is 31.9 Å². The van der Waals surface area contributed by atoms with E-state index in [0.29, 0.717) is 12.5 Å². The molecule has 1 atom stereocenters. The standard InChI is InChI=1S/C14H22N4O2/c1-9(2)13(20)18-6-5-10(8-18)11-7-12(19)16-14(15-11)17(3)4/h7,9-10H,5-6,8H2,1-4H3,(H,15,16,19)/t10-/m0/s1. The molecule has 0 bridgehead atoms. The number of amides is 1. The fraction of sp³-hybridized carbons (Fsp3) is 0.643. The van der Waals surface area contributed by atoms with Crippen LogP contribution in [-0.2, 0) is 4.79 Å². The number of likely N-dealkylation sites (tertiary alicyclic amines) is 1. The number of H-pyrrole nitrogens is 1. The summed E-state index contributed by atoms with van der Waals surface area (Å²) in [6.07, 6.45) is 0.863. The van der Waals surface area contributed by atoms with Crippen LogP contribution < -0.4 is 10.5 Å². The minimum atomic E-state index is -0.146. The van der Waals surface area contributed by atoms with Crippen LogP contribution in [0.2, 0.25) is 0 Å². The Bertz CT molecular complexity index is 550. The lowest BCUT2D eigenvalue weighted by Crippen LogP contribution is -2.32. The molecule has 6 nitrogen and oxygen atoms in total. The number of nitrogens with zero attached hydrogens (tertiary/aromatic N) is 3. The number of hydrogen-bond donors (Lipinski definition) is 1. The van der Waals surface area contributed by atoms with Gasteiger partial charge in [-0.3, -0.25) is 14.6 Å². The third-order valence-electron chi connectivity index (χ3n) is 3.58. The van der Waals surface area contributed by atoms with Crippen LogP contribution in [0, 0.1) is 5.92 Å². The lowest BCUT2D eigenvalue weighted by Gasteiger charge is -2.19. The predicted octanol–water partition coefficient (Wildman–Crippen LogP) is 0.808. The highest BCUT2D eigenvalue weighted by atomic mass is 16.2. The van der Waals surface area contributed by atoms with Gasteiger partial charge in [-0.05, 0) is 6.42 Å². The summed E-state index contributed by atoms with van der Waals surface area (Å²) >= 11 is 0. The first-order chi connectivity index (χ1) is 9.38. The molecule has 0 spiro atoms. The van der Waals surface area contributed by atoms with E-state index in [9.17, 15) is 9.59 Å². The van der Waals surface area contributed by atoms with Gasteiger partial charge in [-0.15, -0.1) is 0 Å². The van der Waals surface area contributed by atoms with Gasteiger partial charge in [0.05, 0.1) is 5.69 Å². The number of anilines is 1. The fourth-order valence-electron chi connectivity index (χ4n) is 2.45. The van der Waals surface area contributed by atoms with Crippen molar-refractivity contribution < 1.29 is 4.79 Å². The molecule has 0 radical (unpaired) electrons. The van der Waals surface area contributed by atoms with Crippen molar-refractivity contribution in [3.05, 3.63) is 22.1 Å². The molecule has 20 heavy (non-hydrogen) atoms. The van der Waals surface area contributed by atoms with Crippen LogP contribution in [0.4, 0.5) is 5.95 Å². The molecule has 1 amide bonds. The molecule has 1 aromatic heterocycles. The first kappa shape index (κ1) is 14.6. The maximum atomic E-state index is 12.0. The lowest BCUT2D eigenvalue weighted by atomic mass is 10.0. The van der Waals surface area contributed by atoms with Gasteiger partial charge in [0, 0.05) is 45.1 Å². The first-order valence-electron chi connectivity index (χ1n) is 6.96. The van der Waals surface area contributed by atoms with Crippen molar-refractivity contribution in [2.75, 3.05) is 32.1 Å².